The number of carboxylic acid groups (broad SMARTS) is 1. The molecule has 1 saturated heterocycles. The van der Waals surface area contributed by atoms with E-state index >= 15 is 0 Å². The van der Waals surface area contributed by atoms with Crippen LogP contribution in [0.1, 0.15) is 16.1 Å². The van der Waals surface area contributed by atoms with E-state index in [0.29, 0.717) is 18.8 Å². The number of fused-ring (bicyclic) bond motifs is 1. The van der Waals surface area contributed by atoms with Crippen molar-refractivity contribution in [2.75, 3.05) is 13.2 Å². The molecule has 0 aliphatic carbocycles. The van der Waals surface area contributed by atoms with Gasteiger partial charge in [0.15, 0.2) is 17.5 Å². The van der Waals surface area contributed by atoms with Crippen molar-refractivity contribution in [3.8, 4) is 0 Å². The molecule has 1 aliphatic rings. The number of nitro benzene ring substituents is 1. The molecule has 3 rings (SSSR count). The van der Waals surface area contributed by atoms with Gasteiger partial charge in [0.05, 0.1) is 18.1 Å². The molecule has 2 N–H and O–H groups in total. The molecule has 1 fully saturated rings. The summed E-state index contributed by atoms with van der Waals surface area (Å²) in [6, 6.07) is 3.01. The highest BCUT2D eigenvalue weighted by molar-refractivity contribution is 6.03. The molecule has 9 heteroatoms. The van der Waals surface area contributed by atoms with Crippen molar-refractivity contribution in [3.63, 3.8) is 0 Å². The van der Waals surface area contributed by atoms with E-state index in [2.05, 4.69) is 10.2 Å². The molecule has 0 amide bonds. The minimum absolute atomic E-state index is 0.0212. The molecule has 9 nitrogen and oxygen atoms in total. The molecule has 21 heavy (non-hydrogen) atoms. The van der Waals surface area contributed by atoms with E-state index in [1.807, 2.05) is 0 Å². The highest BCUT2D eigenvalue weighted by Gasteiger charge is 2.27. The van der Waals surface area contributed by atoms with Crippen molar-refractivity contribution in [1.82, 2.24) is 10.2 Å². The van der Waals surface area contributed by atoms with Crippen molar-refractivity contribution >= 4 is 22.6 Å². The lowest BCUT2D eigenvalue weighted by Crippen LogP contribution is -2.12. The van der Waals surface area contributed by atoms with Gasteiger partial charge in [0, 0.05) is 17.4 Å². The normalized spacial score (nSPS) is 15.6. The predicted octanol–water partition coefficient (Wildman–Crippen LogP) is 1.08. The third-order valence-electron chi connectivity index (χ3n) is 3.26. The van der Waals surface area contributed by atoms with Crippen LogP contribution < -0.4 is 0 Å². The van der Waals surface area contributed by atoms with Gasteiger partial charge in [-0.3, -0.25) is 15.2 Å². The van der Waals surface area contributed by atoms with E-state index in [1.165, 1.54) is 12.1 Å². The Kier molecular flexibility index (Phi) is 3.28. The average Bonchev–Trinajstić information content (AvgIpc) is 3.06. The van der Waals surface area contributed by atoms with Crippen LogP contribution in [0.15, 0.2) is 12.1 Å². The minimum atomic E-state index is -1.22. The van der Waals surface area contributed by atoms with Crippen LogP contribution in [0.2, 0.25) is 0 Å². The number of nitro groups is 1. The summed E-state index contributed by atoms with van der Waals surface area (Å²) in [6.45, 7) is 0.901. The van der Waals surface area contributed by atoms with Crippen LogP contribution in [-0.4, -0.2) is 45.7 Å². The maximum absolute atomic E-state index is 11.3. The van der Waals surface area contributed by atoms with Crippen LogP contribution >= 0.6 is 0 Å². The molecule has 110 valence electrons. The largest absolute Gasteiger partial charge is 0.477 e. The Morgan fingerprint density at radius 1 is 1.48 bits per heavy atom. The zero-order chi connectivity index (χ0) is 15.0. The zero-order valence-electron chi connectivity index (χ0n) is 10.7. The fourth-order valence-electron chi connectivity index (χ4n) is 2.34. The molecular weight excluding hydrogens is 282 g/mol. The van der Waals surface area contributed by atoms with E-state index in [1.54, 1.807) is 0 Å². The SMILES string of the molecule is O=C(O)c1[nH]nc2c([N+](=O)[O-])c(CC3OCCO3)ccc12. The Morgan fingerprint density at radius 2 is 2.19 bits per heavy atom. The molecule has 1 aromatic carbocycles. The monoisotopic (exact) mass is 293 g/mol. The van der Waals surface area contributed by atoms with Crippen LogP contribution in [0.5, 0.6) is 0 Å². The molecular formula is C12H11N3O6. The van der Waals surface area contributed by atoms with Crippen molar-refractivity contribution in [1.29, 1.82) is 0 Å². The number of rotatable bonds is 4. The van der Waals surface area contributed by atoms with Crippen molar-refractivity contribution in [2.24, 2.45) is 0 Å². The summed E-state index contributed by atoms with van der Waals surface area (Å²) in [6.07, 6.45) is -0.319. The van der Waals surface area contributed by atoms with Crippen LogP contribution in [0.25, 0.3) is 10.9 Å². The van der Waals surface area contributed by atoms with Crippen LogP contribution in [0.3, 0.4) is 0 Å². The minimum Gasteiger partial charge on any atom is -0.477 e. The summed E-state index contributed by atoms with van der Waals surface area (Å²) in [7, 11) is 0. The fraction of sp³-hybridized carbons (Fsp3) is 0.333. The van der Waals surface area contributed by atoms with Crippen molar-refractivity contribution < 1.29 is 24.3 Å². The van der Waals surface area contributed by atoms with Gasteiger partial charge in [-0.2, -0.15) is 5.10 Å². The third-order valence-corrected chi connectivity index (χ3v) is 3.26. The highest BCUT2D eigenvalue weighted by atomic mass is 16.7. The van der Waals surface area contributed by atoms with Gasteiger partial charge in [-0.05, 0) is 6.07 Å². The second kappa shape index (κ2) is 5.11. The molecule has 1 aromatic heterocycles. The first-order valence-electron chi connectivity index (χ1n) is 6.18. The summed E-state index contributed by atoms with van der Waals surface area (Å²) in [5, 5.41) is 26.6. The van der Waals surface area contributed by atoms with Gasteiger partial charge >= 0.3 is 11.7 Å². The lowest BCUT2D eigenvalue weighted by atomic mass is 10.1. The zero-order valence-corrected chi connectivity index (χ0v) is 10.7. The molecule has 0 radical (unpaired) electrons. The smallest absolute Gasteiger partial charge is 0.354 e. The standard InChI is InChI=1S/C12H11N3O6/c16-12(17)10-7-2-1-6(5-8-20-3-4-21-8)11(15(18)19)9(7)13-14-10/h1-2,8H,3-5H2,(H,13,14)(H,16,17). The van der Waals surface area contributed by atoms with Crippen molar-refractivity contribution in [3.05, 3.63) is 33.5 Å². The first-order chi connectivity index (χ1) is 10.1. The molecule has 2 heterocycles. The van der Waals surface area contributed by atoms with Crippen molar-refractivity contribution in [2.45, 2.75) is 12.7 Å². The topological polar surface area (TPSA) is 128 Å². The van der Waals surface area contributed by atoms with E-state index < -0.39 is 17.2 Å². The number of nitrogens with zero attached hydrogens (tertiary/aromatic N) is 2. The Bertz CT molecular complexity index is 719. The number of carbonyl (C=O) groups is 1. The van der Waals surface area contributed by atoms with E-state index in [4.69, 9.17) is 14.6 Å². The number of nitrogens with one attached hydrogen (secondary N) is 1. The first-order valence-corrected chi connectivity index (χ1v) is 6.18. The van der Waals surface area contributed by atoms with Gasteiger partial charge in [0.2, 0.25) is 0 Å². The Hall–Kier alpha value is -2.52. The number of H-pyrrole nitrogens is 1. The number of aromatic carboxylic acids is 1. The van der Waals surface area contributed by atoms with E-state index in [9.17, 15) is 14.9 Å². The number of hydrogen-bond acceptors (Lipinski definition) is 6. The third kappa shape index (κ3) is 2.32. The molecule has 2 aromatic rings. The van der Waals surface area contributed by atoms with E-state index in [0.717, 1.165) is 0 Å². The van der Waals surface area contributed by atoms with Gasteiger partial charge in [0.25, 0.3) is 0 Å². The Balaban J connectivity index is 2.10. The molecule has 0 unspecified atom stereocenters. The highest BCUT2D eigenvalue weighted by Crippen LogP contribution is 2.31. The molecule has 0 saturated carbocycles. The van der Waals surface area contributed by atoms with Gasteiger partial charge < -0.3 is 14.6 Å². The summed E-state index contributed by atoms with van der Waals surface area (Å²) in [4.78, 5) is 21.8. The number of benzene rings is 1. The van der Waals surface area contributed by atoms with Gasteiger partial charge in [0.1, 0.15) is 0 Å². The van der Waals surface area contributed by atoms with Gasteiger partial charge in [-0.1, -0.05) is 6.07 Å². The Morgan fingerprint density at radius 3 is 2.81 bits per heavy atom. The predicted molar refractivity (Wildman–Crippen MR) is 69.1 cm³/mol. The fourth-order valence-corrected chi connectivity index (χ4v) is 2.34. The maximum Gasteiger partial charge on any atom is 0.354 e. The summed E-state index contributed by atoms with van der Waals surface area (Å²) < 4.78 is 10.6. The van der Waals surface area contributed by atoms with E-state index in [-0.39, 0.29) is 28.7 Å². The maximum atomic E-state index is 11.3. The number of carboxylic acids is 1. The molecule has 0 spiro atoms. The number of hydrogen-bond donors (Lipinski definition) is 2. The summed E-state index contributed by atoms with van der Waals surface area (Å²) in [5.74, 6) is -1.22. The van der Waals surface area contributed by atoms with Gasteiger partial charge in [-0.15, -0.1) is 0 Å². The van der Waals surface area contributed by atoms with Crippen LogP contribution in [0.4, 0.5) is 5.69 Å². The average molecular weight is 293 g/mol. The lowest BCUT2D eigenvalue weighted by Gasteiger charge is -2.09. The van der Waals surface area contributed by atoms with Crippen LogP contribution in [0, 0.1) is 10.1 Å². The lowest BCUT2D eigenvalue weighted by molar-refractivity contribution is -0.384. The van der Waals surface area contributed by atoms with Crippen LogP contribution in [-0.2, 0) is 15.9 Å². The first kappa shape index (κ1) is 13.5. The number of ether oxygens (including phenoxy) is 2. The quantitative estimate of drug-likeness (QED) is 0.637. The summed E-state index contributed by atoms with van der Waals surface area (Å²) in [5.41, 5.74) is 0.0131. The molecule has 0 atom stereocenters. The second-order valence-corrected chi connectivity index (χ2v) is 4.51. The number of aromatic nitrogens is 2. The second-order valence-electron chi connectivity index (χ2n) is 4.51. The van der Waals surface area contributed by atoms with Gasteiger partial charge in [-0.25, -0.2) is 4.79 Å². The number of aromatic amines is 1. The summed E-state index contributed by atoms with van der Waals surface area (Å²) >= 11 is 0. The molecule has 1 aliphatic heterocycles. The Labute approximate surface area is 117 Å². The molecule has 0 bridgehead atoms.